The first-order valence-corrected chi connectivity index (χ1v) is 4.14. The summed E-state index contributed by atoms with van der Waals surface area (Å²) >= 11 is 0. The highest BCUT2D eigenvalue weighted by molar-refractivity contribution is 5.85. The van der Waals surface area contributed by atoms with Gasteiger partial charge in [0.15, 0.2) is 0 Å². The van der Waals surface area contributed by atoms with Gasteiger partial charge in [0.1, 0.15) is 0 Å². The van der Waals surface area contributed by atoms with Gasteiger partial charge in [0.05, 0.1) is 30.5 Å². The monoisotopic (exact) mass is 236 g/mol. The highest BCUT2D eigenvalue weighted by Gasteiger charge is 2.14. The fourth-order valence-electron chi connectivity index (χ4n) is 1.04. The van der Waals surface area contributed by atoms with Crippen LogP contribution in [0.2, 0.25) is 0 Å². The maximum absolute atomic E-state index is 10.4. The van der Waals surface area contributed by atoms with Gasteiger partial charge in [-0.3, -0.25) is 0 Å². The van der Waals surface area contributed by atoms with E-state index in [-0.39, 0.29) is 24.8 Å². The van der Waals surface area contributed by atoms with Crippen molar-refractivity contribution in [2.24, 2.45) is 7.05 Å². The number of aromatic nitrogens is 2. The minimum absolute atomic E-state index is 0. The summed E-state index contributed by atoms with van der Waals surface area (Å²) in [5, 5.41) is 25.5. The third-order valence-corrected chi connectivity index (χ3v) is 1.75. The van der Waals surface area contributed by atoms with Crippen LogP contribution in [0.15, 0.2) is 6.07 Å². The average molecular weight is 237 g/mol. The Morgan fingerprint density at radius 1 is 1.73 bits per heavy atom. The van der Waals surface area contributed by atoms with Crippen LogP contribution in [0.4, 0.5) is 5.82 Å². The van der Waals surface area contributed by atoms with Crippen molar-refractivity contribution in [3.8, 4) is 0 Å². The lowest BCUT2D eigenvalue weighted by Crippen LogP contribution is -2.19. The third-order valence-electron chi connectivity index (χ3n) is 1.75. The third kappa shape index (κ3) is 3.82. The maximum Gasteiger partial charge on any atom is 0.390 e. The lowest BCUT2D eigenvalue weighted by molar-refractivity contribution is -0.389. The van der Waals surface area contributed by atoms with Crippen LogP contribution in [-0.2, 0) is 13.6 Å². The second-order valence-electron chi connectivity index (χ2n) is 2.77. The molecule has 7 nitrogen and oxygen atoms in total. The second kappa shape index (κ2) is 6.33. The van der Waals surface area contributed by atoms with E-state index in [0.717, 1.165) is 0 Å². The van der Waals surface area contributed by atoms with Crippen molar-refractivity contribution in [2.45, 2.75) is 6.54 Å². The molecule has 1 rings (SSSR count). The fourth-order valence-corrected chi connectivity index (χ4v) is 1.04. The van der Waals surface area contributed by atoms with Gasteiger partial charge in [-0.05, 0) is 4.92 Å². The lowest BCUT2D eigenvalue weighted by Gasteiger charge is -1.99. The van der Waals surface area contributed by atoms with E-state index in [1.807, 2.05) is 0 Å². The molecule has 0 aromatic carbocycles. The number of aryl methyl sites for hydroxylation is 1. The van der Waals surface area contributed by atoms with Crippen molar-refractivity contribution in [3.63, 3.8) is 0 Å². The molecule has 15 heavy (non-hydrogen) atoms. The zero-order valence-electron chi connectivity index (χ0n) is 8.21. The van der Waals surface area contributed by atoms with Gasteiger partial charge in [-0.15, -0.1) is 12.4 Å². The van der Waals surface area contributed by atoms with Crippen LogP contribution >= 0.6 is 12.4 Å². The molecule has 0 saturated heterocycles. The molecule has 1 aromatic rings. The van der Waals surface area contributed by atoms with Crippen molar-refractivity contribution < 1.29 is 10.0 Å². The Bertz CT molecular complexity index is 328. The predicted molar refractivity (Wildman–Crippen MR) is 55.9 cm³/mol. The Morgan fingerprint density at radius 2 is 2.40 bits per heavy atom. The minimum atomic E-state index is -0.532. The molecular formula is C7H13ClN4O3. The van der Waals surface area contributed by atoms with E-state index in [4.69, 9.17) is 5.11 Å². The van der Waals surface area contributed by atoms with E-state index in [0.29, 0.717) is 18.8 Å². The van der Waals surface area contributed by atoms with Crippen molar-refractivity contribution in [1.82, 2.24) is 15.1 Å². The van der Waals surface area contributed by atoms with Gasteiger partial charge in [0.2, 0.25) is 0 Å². The molecule has 0 atom stereocenters. The molecule has 1 heterocycles. The van der Waals surface area contributed by atoms with Gasteiger partial charge in [-0.25, -0.2) is 0 Å². The van der Waals surface area contributed by atoms with Crippen molar-refractivity contribution in [2.75, 3.05) is 13.2 Å². The standard InChI is InChI=1S/C7H12N4O3.ClH/c1-10-6(5-8-2-3-12)4-7(9-10)11(13)14;/h4,8,12H,2-3,5H2,1H3;1H. The van der Waals surface area contributed by atoms with Gasteiger partial charge in [0, 0.05) is 13.1 Å². The van der Waals surface area contributed by atoms with Gasteiger partial charge in [0.25, 0.3) is 0 Å². The van der Waals surface area contributed by atoms with Gasteiger partial charge in [-0.2, -0.15) is 4.68 Å². The van der Waals surface area contributed by atoms with E-state index in [1.54, 1.807) is 7.05 Å². The fraction of sp³-hybridized carbons (Fsp3) is 0.571. The Hall–Kier alpha value is -1.18. The largest absolute Gasteiger partial charge is 0.395 e. The molecule has 0 saturated carbocycles. The zero-order valence-corrected chi connectivity index (χ0v) is 9.03. The summed E-state index contributed by atoms with van der Waals surface area (Å²) in [6.07, 6.45) is 0. The molecule has 0 aliphatic rings. The summed E-state index contributed by atoms with van der Waals surface area (Å²) in [5.41, 5.74) is 0.713. The van der Waals surface area contributed by atoms with Crippen LogP contribution in [0, 0.1) is 10.1 Å². The molecule has 0 fully saturated rings. The maximum atomic E-state index is 10.4. The summed E-state index contributed by atoms with van der Waals surface area (Å²) in [4.78, 5) is 9.83. The van der Waals surface area contributed by atoms with E-state index < -0.39 is 4.92 Å². The molecule has 0 radical (unpaired) electrons. The van der Waals surface area contributed by atoms with Crippen LogP contribution in [-0.4, -0.2) is 33.0 Å². The Morgan fingerprint density at radius 3 is 2.87 bits per heavy atom. The summed E-state index contributed by atoms with van der Waals surface area (Å²) in [6.45, 7) is 0.955. The van der Waals surface area contributed by atoms with E-state index in [1.165, 1.54) is 10.7 Å². The van der Waals surface area contributed by atoms with E-state index in [2.05, 4.69) is 10.4 Å². The Kier molecular flexibility index (Phi) is 5.83. The molecule has 8 heteroatoms. The molecule has 0 aliphatic heterocycles. The van der Waals surface area contributed by atoms with Gasteiger partial charge >= 0.3 is 5.82 Å². The number of aliphatic hydroxyl groups is 1. The lowest BCUT2D eigenvalue weighted by atomic mass is 10.4. The second-order valence-corrected chi connectivity index (χ2v) is 2.77. The number of hydrogen-bond donors (Lipinski definition) is 2. The predicted octanol–water partition coefficient (Wildman–Crippen LogP) is -0.168. The molecule has 1 aromatic heterocycles. The summed E-state index contributed by atoms with van der Waals surface area (Å²) in [7, 11) is 1.64. The van der Waals surface area contributed by atoms with Crippen molar-refractivity contribution in [1.29, 1.82) is 0 Å². The number of rotatable bonds is 5. The highest BCUT2D eigenvalue weighted by Crippen LogP contribution is 2.09. The number of aliphatic hydroxyl groups excluding tert-OH is 1. The van der Waals surface area contributed by atoms with Crippen LogP contribution in [0.1, 0.15) is 5.69 Å². The summed E-state index contributed by atoms with van der Waals surface area (Å²) in [5.74, 6) is -0.159. The first-order valence-electron chi connectivity index (χ1n) is 4.14. The molecule has 0 unspecified atom stereocenters. The smallest absolute Gasteiger partial charge is 0.390 e. The molecule has 0 spiro atoms. The number of nitrogens with one attached hydrogen (secondary N) is 1. The van der Waals surface area contributed by atoms with Crippen LogP contribution in [0.3, 0.4) is 0 Å². The van der Waals surface area contributed by atoms with Crippen molar-refractivity contribution >= 4 is 18.2 Å². The van der Waals surface area contributed by atoms with Crippen molar-refractivity contribution in [3.05, 3.63) is 21.9 Å². The topological polar surface area (TPSA) is 93.2 Å². The number of nitro groups is 1. The molecule has 2 N–H and O–H groups in total. The highest BCUT2D eigenvalue weighted by atomic mass is 35.5. The van der Waals surface area contributed by atoms with Crippen LogP contribution in [0.5, 0.6) is 0 Å². The quantitative estimate of drug-likeness (QED) is 0.421. The molecular weight excluding hydrogens is 224 g/mol. The van der Waals surface area contributed by atoms with Gasteiger partial charge < -0.3 is 20.5 Å². The zero-order chi connectivity index (χ0) is 10.6. The SMILES string of the molecule is Cl.Cn1nc([N+](=O)[O-])cc1CNCCO. The van der Waals surface area contributed by atoms with Crippen LogP contribution < -0.4 is 5.32 Å². The Labute approximate surface area is 92.6 Å². The molecule has 0 aliphatic carbocycles. The van der Waals surface area contributed by atoms with E-state index in [9.17, 15) is 10.1 Å². The first-order chi connectivity index (χ1) is 6.65. The molecule has 0 amide bonds. The number of hydrogen-bond acceptors (Lipinski definition) is 5. The minimum Gasteiger partial charge on any atom is -0.395 e. The first kappa shape index (κ1) is 13.8. The summed E-state index contributed by atoms with van der Waals surface area (Å²) in [6, 6.07) is 1.41. The number of halogens is 1. The number of nitrogens with zero attached hydrogens (tertiary/aromatic N) is 3. The molecule has 86 valence electrons. The van der Waals surface area contributed by atoms with Crippen LogP contribution in [0.25, 0.3) is 0 Å². The molecule has 0 bridgehead atoms. The van der Waals surface area contributed by atoms with E-state index >= 15 is 0 Å². The average Bonchev–Trinajstić information content (AvgIpc) is 2.49. The van der Waals surface area contributed by atoms with Gasteiger partial charge in [-0.1, -0.05) is 0 Å². The summed E-state index contributed by atoms with van der Waals surface area (Å²) < 4.78 is 1.45. The Balaban J connectivity index is 0.00000196. The normalized spacial score (nSPS) is 9.73.